The van der Waals surface area contributed by atoms with Crippen LogP contribution in [0.15, 0.2) is 13.2 Å². The summed E-state index contributed by atoms with van der Waals surface area (Å²) in [4.78, 5) is 22.0. The molecule has 0 saturated heterocycles. The van der Waals surface area contributed by atoms with Gasteiger partial charge < -0.3 is 4.74 Å². The maximum atomic E-state index is 11.2. The number of hydrogen-bond acceptors (Lipinski definition) is 7. The van der Waals surface area contributed by atoms with Crippen LogP contribution in [0.5, 0.6) is 0 Å². The van der Waals surface area contributed by atoms with Crippen molar-refractivity contribution in [2.75, 3.05) is 11.5 Å². The number of ether oxygens (including phenoxy) is 1. The number of hydrogen-bond donors (Lipinski definition) is 0. The van der Waals surface area contributed by atoms with E-state index in [4.69, 9.17) is 4.74 Å². The zero-order valence-electron chi connectivity index (χ0n) is 7.85. The van der Waals surface area contributed by atoms with Gasteiger partial charge in [0.1, 0.15) is 6.10 Å². The van der Waals surface area contributed by atoms with E-state index in [-0.39, 0.29) is 16.1 Å². The zero-order valence-corrected chi connectivity index (χ0v) is 11.1. The Morgan fingerprint density at radius 1 is 1.27 bits per heavy atom. The molecule has 2 rings (SSSR count). The molecule has 0 fully saturated rings. The lowest BCUT2D eigenvalue weighted by atomic mass is 10.5. The van der Waals surface area contributed by atoms with E-state index in [0.717, 1.165) is 19.9 Å². The van der Waals surface area contributed by atoms with Gasteiger partial charge in [-0.1, -0.05) is 22.7 Å². The minimum atomic E-state index is -0.236. The van der Waals surface area contributed by atoms with Gasteiger partial charge in [-0.25, -0.2) is 0 Å². The van der Waals surface area contributed by atoms with Crippen molar-refractivity contribution >= 4 is 52.2 Å². The third kappa shape index (κ3) is 2.99. The maximum absolute atomic E-state index is 11.2. The molecule has 0 bridgehead atoms. The molecule has 0 unspecified atom stereocenters. The van der Waals surface area contributed by atoms with Crippen LogP contribution < -0.4 is 4.06 Å². The average Bonchev–Trinajstić information content (AvgIpc) is 2.41. The normalized spacial score (nSPS) is 16.9. The zero-order chi connectivity index (χ0) is 10.8. The molecule has 0 radical (unpaired) electrons. The van der Waals surface area contributed by atoms with Crippen molar-refractivity contribution in [3.8, 4) is 0 Å². The van der Waals surface area contributed by atoms with E-state index in [0.29, 0.717) is 0 Å². The van der Waals surface area contributed by atoms with Crippen LogP contribution in [0, 0.1) is 0 Å². The van der Waals surface area contributed by atoms with Gasteiger partial charge in [-0.2, -0.15) is 0 Å². The summed E-state index contributed by atoms with van der Waals surface area (Å²) in [5.74, 6) is 1.25. The van der Waals surface area contributed by atoms with Crippen LogP contribution in [-0.4, -0.2) is 23.6 Å². The summed E-state index contributed by atoms with van der Waals surface area (Å²) in [7, 11) is 0. The molecule has 0 aliphatic carbocycles. The fourth-order valence-electron chi connectivity index (χ4n) is 1.12. The minimum Gasteiger partial charge on any atom is -0.461 e. The molecule has 1 aromatic rings. The highest BCUT2D eigenvalue weighted by Gasteiger charge is 2.21. The van der Waals surface area contributed by atoms with Crippen molar-refractivity contribution in [2.24, 2.45) is 0 Å². The molecule has 7 heteroatoms. The first-order valence-electron chi connectivity index (χ1n) is 4.22. The van der Waals surface area contributed by atoms with Crippen LogP contribution >= 0.6 is 46.2 Å². The van der Waals surface area contributed by atoms with Gasteiger partial charge in [-0.3, -0.25) is 9.59 Å². The monoisotopic (exact) mass is 280 g/mol. The molecular weight excluding hydrogens is 272 g/mol. The molecule has 1 aromatic heterocycles. The second kappa shape index (κ2) is 4.90. The quantitative estimate of drug-likeness (QED) is 0.739. The van der Waals surface area contributed by atoms with E-state index >= 15 is 0 Å². The molecule has 0 amide bonds. The second-order valence-electron chi connectivity index (χ2n) is 2.88. The molecule has 0 aromatic carbocycles. The van der Waals surface area contributed by atoms with E-state index < -0.39 is 0 Å². The molecule has 3 nitrogen and oxygen atoms in total. The Morgan fingerprint density at radius 3 is 2.27 bits per heavy atom. The highest BCUT2D eigenvalue weighted by Crippen LogP contribution is 2.40. The summed E-state index contributed by atoms with van der Waals surface area (Å²) in [6.45, 7) is 1.42. The van der Waals surface area contributed by atoms with E-state index in [1.54, 1.807) is 23.5 Å². The lowest BCUT2D eigenvalue weighted by Crippen LogP contribution is -2.20. The summed E-state index contributed by atoms with van der Waals surface area (Å²) >= 11 is 5.80. The number of thioether (sulfide) groups is 2. The lowest BCUT2D eigenvalue weighted by Gasteiger charge is -2.12. The topological polar surface area (TPSA) is 43.4 Å². The molecule has 0 saturated carbocycles. The number of esters is 1. The average molecular weight is 280 g/mol. The predicted octanol–water partition coefficient (Wildman–Crippen LogP) is 2.30. The first kappa shape index (κ1) is 11.5. The van der Waals surface area contributed by atoms with E-state index in [1.807, 2.05) is 0 Å². The SMILES string of the molecule is CC(=O)OC1CSc2sc(=O)sc2SC1. The number of fused-ring (bicyclic) bond motifs is 1. The number of carbonyl (C=O) groups is 1. The fourth-order valence-corrected chi connectivity index (χ4v) is 6.55. The molecule has 15 heavy (non-hydrogen) atoms. The van der Waals surface area contributed by atoms with Crippen LogP contribution in [-0.2, 0) is 9.53 Å². The molecular formula is C8H8O3S4. The highest BCUT2D eigenvalue weighted by atomic mass is 32.2. The van der Waals surface area contributed by atoms with Gasteiger partial charge in [0.15, 0.2) is 0 Å². The van der Waals surface area contributed by atoms with Crippen molar-refractivity contribution < 1.29 is 9.53 Å². The van der Waals surface area contributed by atoms with Crippen molar-refractivity contribution in [3.05, 3.63) is 8.85 Å². The number of carbonyl (C=O) groups excluding carboxylic acids is 1. The van der Waals surface area contributed by atoms with E-state index in [1.165, 1.54) is 29.6 Å². The van der Waals surface area contributed by atoms with E-state index in [2.05, 4.69) is 0 Å². The predicted molar refractivity (Wildman–Crippen MR) is 65.5 cm³/mol. The van der Waals surface area contributed by atoms with Crippen LogP contribution in [0.25, 0.3) is 0 Å². The second-order valence-corrected chi connectivity index (χ2v) is 7.68. The summed E-state index contributed by atoms with van der Waals surface area (Å²) in [6, 6.07) is 0. The lowest BCUT2D eigenvalue weighted by molar-refractivity contribution is -0.144. The maximum Gasteiger partial charge on any atom is 0.302 e. The van der Waals surface area contributed by atoms with E-state index in [9.17, 15) is 9.59 Å². The van der Waals surface area contributed by atoms with Crippen molar-refractivity contribution in [3.63, 3.8) is 0 Å². The Morgan fingerprint density at radius 2 is 1.80 bits per heavy atom. The molecule has 82 valence electrons. The van der Waals surface area contributed by atoms with Gasteiger partial charge in [-0.05, 0) is 0 Å². The van der Waals surface area contributed by atoms with Gasteiger partial charge in [0.05, 0.1) is 8.42 Å². The van der Waals surface area contributed by atoms with Crippen molar-refractivity contribution in [2.45, 2.75) is 21.4 Å². The molecule has 2 heterocycles. The molecule has 0 N–H and O–H groups in total. The molecule has 1 aliphatic rings. The minimum absolute atomic E-state index is 0.0422. The van der Waals surface area contributed by atoms with Crippen LogP contribution in [0.1, 0.15) is 6.92 Å². The molecule has 1 aliphatic heterocycles. The Balaban J connectivity index is 2.06. The smallest absolute Gasteiger partial charge is 0.302 e. The molecule has 0 spiro atoms. The van der Waals surface area contributed by atoms with Gasteiger partial charge in [-0.15, -0.1) is 23.5 Å². The summed E-state index contributed by atoms with van der Waals surface area (Å²) in [5.41, 5.74) is 0. The van der Waals surface area contributed by atoms with Crippen LogP contribution in [0.4, 0.5) is 0 Å². The Kier molecular flexibility index (Phi) is 3.76. The van der Waals surface area contributed by atoms with Crippen molar-refractivity contribution in [1.82, 2.24) is 0 Å². The summed E-state index contributed by atoms with van der Waals surface area (Å²) < 4.78 is 7.44. The van der Waals surface area contributed by atoms with Gasteiger partial charge in [0.2, 0.25) is 0 Å². The van der Waals surface area contributed by atoms with Crippen LogP contribution in [0.2, 0.25) is 0 Å². The summed E-state index contributed by atoms with van der Waals surface area (Å²) in [6.07, 6.45) is -0.0422. The third-order valence-electron chi connectivity index (χ3n) is 1.65. The highest BCUT2D eigenvalue weighted by molar-refractivity contribution is 8.05. The third-order valence-corrected chi connectivity index (χ3v) is 7.00. The Labute approximate surface area is 103 Å². The van der Waals surface area contributed by atoms with Gasteiger partial charge >= 0.3 is 5.97 Å². The molecule has 0 atom stereocenters. The van der Waals surface area contributed by atoms with Gasteiger partial charge in [0.25, 0.3) is 4.06 Å². The summed E-state index contributed by atoms with van der Waals surface area (Å²) in [5, 5.41) is 0. The fraction of sp³-hybridized carbons (Fsp3) is 0.500. The first-order chi connectivity index (χ1) is 7.15. The largest absolute Gasteiger partial charge is 0.461 e. The standard InChI is InChI=1S/C8H8O3S4/c1-4(9)11-5-2-12-6-7(13-3-5)15-8(10)14-6/h5H,2-3H2,1H3. The first-order valence-corrected chi connectivity index (χ1v) is 7.82. The Bertz CT molecular complexity index is 393. The van der Waals surface area contributed by atoms with Crippen LogP contribution in [0.3, 0.4) is 0 Å². The number of rotatable bonds is 1. The van der Waals surface area contributed by atoms with Crippen molar-refractivity contribution in [1.29, 1.82) is 0 Å². The van der Waals surface area contributed by atoms with Gasteiger partial charge in [0, 0.05) is 18.4 Å². The Hall–Kier alpha value is 0.0200.